The van der Waals surface area contributed by atoms with Crippen LogP contribution in [-0.4, -0.2) is 57.3 Å². The van der Waals surface area contributed by atoms with Gasteiger partial charge < -0.3 is 10.2 Å². The number of sulfonamides is 1. The number of nitrogens with one attached hydrogen (secondary N) is 1. The number of thiophene rings is 1. The summed E-state index contributed by atoms with van der Waals surface area (Å²) in [4.78, 5) is 16.0. The number of rotatable bonds is 7. The first kappa shape index (κ1) is 20.0. The van der Waals surface area contributed by atoms with Crippen LogP contribution in [0.5, 0.6) is 0 Å². The van der Waals surface area contributed by atoms with Crippen LogP contribution >= 0.6 is 11.3 Å². The fourth-order valence-corrected chi connectivity index (χ4v) is 5.67. The van der Waals surface area contributed by atoms with Crippen molar-refractivity contribution in [2.24, 2.45) is 0 Å². The number of likely N-dealkylation sites (N-methyl/N-ethyl adjacent to an activating group) is 1. The number of carbonyl (C=O) groups is 1. The van der Waals surface area contributed by atoms with Crippen LogP contribution in [0.15, 0.2) is 46.7 Å². The number of amides is 1. The minimum Gasteiger partial charge on any atom is -0.350 e. The molecule has 1 unspecified atom stereocenters. The Morgan fingerprint density at radius 3 is 2.59 bits per heavy atom. The van der Waals surface area contributed by atoms with Crippen molar-refractivity contribution in [3.8, 4) is 0 Å². The van der Waals surface area contributed by atoms with Crippen LogP contribution in [0.1, 0.15) is 34.1 Å². The summed E-state index contributed by atoms with van der Waals surface area (Å²) in [7, 11) is 0.416. The molecule has 0 spiro atoms. The normalized spacial score (nSPS) is 16.6. The summed E-state index contributed by atoms with van der Waals surface area (Å²) in [6.45, 7) is 1.55. The first-order chi connectivity index (χ1) is 12.9. The molecule has 1 aliphatic rings. The number of hydrogen-bond acceptors (Lipinski definition) is 5. The molecule has 1 aliphatic heterocycles. The zero-order valence-electron chi connectivity index (χ0n) is 15.6. The minimum absolute atomic E-state index is 0.0745. The molecule has 1 N–H and O–H groups in total. The van der Waals surface area contributed by atoms with E-state index in [4.69, 9.17) is 0 Å². The molecule has 1 saturated heterocycles. The van der Waals surface area contributed by atoms with Crippen LogP contribution in [0.2, 0.25) is 0 Å². The largest absolute Gasteiger partial charge is 0.350 e. The lowest BCUT2D eigenvalue weighted by Crippen LogP contribution is -2.34. The maximum absolute atomic E-state index is 12.7. The smallest absolute Gasteiger partial charge is 0.251 e. The monoisotopic (exact) mass is 407 g/mol. The summed E-state index contributed by atoms with van der Waals surface area (Å²) in [6, 6.07) is 10.4. The van der Waals surface area contributed by atoms with Gasteiger partial charge in [-0.15, -0.1) is 11.3 Å². The molecule has 2 aromatic rings. The van der Waals surface area contributed by atoms with E-state index in [1.807, 2.05) is 31.6 Å². The van der Waals surface area contributed by atoms with E-state index in [1.165, 1.54) is 15.2 Å². The Morgan fingerprint density at radius 2 is 1.96 bits per heavy atom. The predicted octanol–water partition coefficient (Wildman–Crippen LogP) is 2.57. The maximum atomic E-state index is 12.7. The molecule has 0 saturated carbocycles. The van der Waals surface area contributed by atoms with E-state index in [0.717, 1.165) is 12.8 Å². The van der Waals surface area contributed by atoms with Gasteiger partial charge in [0, 0.05) is 30.1 Å². The van der Waals surface area contributed by atoms with Gasteiger partial charge in [0.1, 0.15) is 0 Å². The van der Waals surface area contributed by atoms with Crippen LogP contribution < -0.4 is 5.32 Å². The van der Waals surface area contributed by atoms with E-state index < -0.39 is 10.0 Å². The lowest BCUT2D eigenvalue weighted by molar-refractivity contribution is 0.0942. The summed E-state index contributed by atoms with van der Waals surface area (Å²) in [5.74, 6) is -0.267. The molecule has 3 rings (SSSR count). The van der Waals surface area contributed by atoms with Crippen LogP contribution in [0, 0.1) is 0 Å². The Balaban J connectivity index is 1.72. The second kappa shape index (κ2) is 8.52. The summed E-state index contributed by atoms with van der Waals surface area (Å²) in [5.41, 5.74) is 0.360. The van der Waals surface area contributed by atoms with Crippen molar-refractivity contribution in [1.29, 1.82) is 0 Å². The third kappa shape index (κ3) is 4.57. The van der Waals surface area contributed by atoms with Crippen molar-refractivity contribution < 1.29 is 13.2 Å². The first-order valence-corrected chi connectivity index (χ1v) is 11.3. The van der Waals surface area contributed by atoms with Gasteiger partial charge in [-0.3, -0.25) is 4.79 Å². The van der Waals surface area contributed by atoms with Gasteiger partial charge in [0.15, 0.2) is 0 Å². The van der Waals surface area contributed by atoms with Gasteiger partial charge in [0.05, 0.1) is 10.9 Å². The van der Waals surface area contributed by atoms with E-state index in [2.05, 4.69) is 10.2 Å². The molecule has 146 valence electrons. The van der Waals surface area contributed by atoms with Crippen molar-refractivity contribution >= 4 is 27.3 Å². The molecule has 0 aliphatic carbocycles. The zero-order chi connectivity index (χ0) is 19.4. The Morgan fingerprint density at radius 1 is 1.22 bits per heavy atom. The van der Waals surface area contributed by atoms with Crippen molar-refractivity contribution in [1.82, 2.24) is 14.5 Å². The Labute approximate surface area is 164 Å². The summed E-state index contributed by atoms with van der Waals surface area (Å²) in [6.07, 6.45) is 1.77. The fourth-order valence-electron chi connectivity index (χ4n) is 3.19. The van der Waals surface area contributed by atoms with Gasteiger partial charge in [-0.05, 0) is 56.6 Å². The SMILES string of the molecule is CN(C)C(CNC(=O)c1cccc(S(=O)(=O)N2CCCC2)c1)c1cccs1. The highest BCUT2D eigenvalue weighted by molar-refractivity contribution is 7.89. The number of nitrogens with zero attached hydrogens (tertiary/aromatic N) is 2. The Hall–Kier alpha value is -1.74. The average molecular weight is 408 g/mol. The van der Waals surface area contributed by atoms with Gasteiger partial charge in [0.2, 0.25) is 10.0 Å². The highest BCUT2D eigenvalue weighted by atomic mass is 32.2. The van der Waals surface area contributed by atoms with Gasteiger partial charge in [-0.2, -0.15) is 4.31 Å². The third-order valence-electron chi connectivity index (χ3n) is 4.75. The lowest BCUT2D eigenvalue weighted by Gasteiger charge is -2.23. The zero-order valence-corrected chi connectivity index (χ0v) is 17.2. The molecule has 1 aromatic carbocycles. The minimum atomic E-state index is -3.53. The van der Waals surface area contributed by atoms with Crippen LogP contribution in [0.4, 0.5) is 0 Å². The molecule has 1 aromatic heterocycles. The molecule has 6 nitrogen and oxygen atoms in total. The first-order valence-electron chi connectivity index (χ1n) is 8.98. The average Bonchev–Trinajstić information content (AvgIpc) is 3.36. The topological polar surface area (TPSA) is 69.7 Å². The van der Waals surface area contributed by atoms with Crippen molar-refractivity contribution in [3.05, 3.63) is 52.2 Å². The van der Waals surface area contributed by atoms with Gasteiger partial charge >= 0.3 is 0 Å². The lowest BCUT2D eigenvalue weighted by atomic mass is 10.2. The second-order valence-corrected chi connectivity index (χ2v) is 9.76. The van der Waals surface area contributed by atoms with E-state index in [1.54, 1.807) is 29.5 Å². The Bertz CT molecular complexity index is 873. The standard InChI is InChI=1S/C19H25N3O3S2/c1-21(2)17(18-9-6-12-26-18)14-20-19(23)15-7-5-8-16(13-15)27(24,25)22-10-3-4-11-22/h5-9,12-13,17H,3-4,10-11,14H2,1-2H3,(H,20,23). The molecule has 27 heavy (non-hydrogen) atoms. The molecular formula is C19H25N3O3S2. The van der Waals surface area contributed by atoms with E-state index in [9.17, 15) is 13.2 Å². The van der Waals surface area contributed by atoms with Crippen LogP contribution in [0.25, 0.3) is 0 Å². The quantitative estimate of drug-likeness (QED) is 0.766. The third-order valence-corrected chi connectivity index (χ3v) is 7.62. The Kier molecular flexibility index (Phi) is 6.31. The number of hydrogen-bond donors (Lipinski definition) is 1. The van der Waals surface area contributed by atoms with E-state index >= 15 is 0 Å². The van der Waals surface area contributed by atoms with Gasteiger partial charge in [0.25, 0.3) is 5.91 Å². The number of carbonyl (C=O) groups excluding carboxylic acids is 1. The maximum Gasteiger partial charge on any atom is 0.251 e. The fraction of sp³-hybridized carbons (Fsp3) is 0.421. The van der Waals surface area contributed by atoms with E-state index in [0.29, 0.717) is 25.2 Å². The van der Waals surface area contributed by atoms with Crippen molar-refractivity contribution in [2.45, 2.75) is 23.8 Å². The molecule has 2 heterocycles. The van der Waals surface area contributed by atoms with Crippen LogP contribution in [0.3, 0.4) is 0 Å². The predicted molar refractivity (Wildman–Crippen MR) is 108 cm³/mol. The molecule has 1 atom stereocenters. The summed E-state index contributed by atoms with van der Waals surface area (Å²) in [5, 5.41) is 4.95. The molecule has 1 amide bonds. The number of benzene rings is 1. The summed E-state index contributed by atoms with van der Waals surface area (Å²) >= 11 is 1.65. The highest BCUT2D eigenvalue weighted by Gasteiger charge is 2.27. The molecule has 8 heteroatoms. The van der Waals surface area contributed by atoms with Crippen molar-refractivity contribution in [2.75, 3.05) is 33.7 Å². The van der Waals surface area contributed by atoms with Gasteiger partial charge in [-0.1, -0.05) is 12.1 Å². The van der Waals surface area contributed by atoms with Gasteiger partial charge in [-0.25, -0.2) is 8.42 Å². The summed E-state index contributed by atoms with van der Waals surface area (Å²) < 4.78 is 26.9. The second-order valence-electron chi connectivity index (χ2n) is 6.84. The molecular weight excluding hydrogens is 382 g/mol. The van der Waals surface area contributed by atoms with Crippen LogP contribution in [-0.2, 0) is 10.0 Å². The molecule has 0 radical (unpaired) electrons. The highest BCUT2D eigenvalue weighted by Crippen LogP contribution is 2.23. The van der Waals surface area contributed by atoms with Crippen molar-refractivity contribution in [3.63, 3.8) is 0 Å². The molecule has 1 fully saturated rings. The van der Waals surface area contributed by atoms with E-state index in [-0.39, 0.29) is 16.8 Å². The molecule has 0 bridgehead atoms.